The van der Waals surface area contributed by atoms with Crippen LogP contribution >= 0.6 is 12.4 Å². The van der Waals surface area contributed by atoms with Gasteiger partial charge in [-0.2, -0.15) is 0 Å². The smallest absolute Gasteiger partial charge is 0.141 e. The maximum atomic E-state index is 9.80. The third kappa shape index (κ3) is 2.46. The lowest BCUT2D eigenvalue weighted by Gasteiger charge is -2.07. The number of nitrogens with two attached hydrogens (primary N) is 1. The summed E-state index contributed by atoms with van der Waals surface area (Å²) >= 11 is 0. The van der Waals surface area contributed by atoms with Gasteiger partial charge in [-0.15, -0.1) is 12.4 Å². The second-order valence-electron chi connectivity index (χ2n) is 5.27. The van der Waals surface area contributed by atoms with E-state index in [1.807, 2.05) is 31.2 Å². The van der Waals surface area contributed by atoms with Crippen molar-refractivity contribution in [3.05, 3.63) is 41.5 Å². The Bertz CT molecular complexity index is 817. The van der Waals surface area contributed by atoms with Crippen LogP contribution in [0.5, 0.6) is 11.5 Å². The van der Waals surface area contributed by atoms with Crippen LogP contribution in [0, 0.1) is 13.8 Å². The fraction of sp³-hybridized carbons (Fsp3) is 0.176. The summed E-state index contributed by atoms with van der Waals surface area (Å²) in [5.74, 6) is 0.978. The molecule has 3 rings (SSSR count). The molecule has 0 bridgehead atoms. The van der Waals surface area contributed by atoms with Crippen LogP contribution in [0.25, 0.3) is 22.2 Å². The molecule has 0 unspecified atom stereocenters. The van der Waals surface area contributed by atoms with Gasteiger partial charge in [0.15, 0.2) is 0 Å². The number of hydrogen-bond donors (Lipinski definition) is 3. The van der Waals surface area contributed by atoms with Crippen molar-refractivity contribution in [2.45, 2.75) is 13.8 Å². The Kier molecular flexibility index (Phi) is 4.24. The Labute approximate surface area is 135 Å². The molecule has 0 saturated carbocycles. The van der Waals surface area contributed by atoms with E-state index in [2.05, 4.69) is 11.9 Å². The summed E-state index contributed by atoms with van der Waals surface area (Å²) in [5, 5.41) is 10.9. The summed E-state index contributed by atoms with van der Waals surface area (Å²) in [6.07, 6.45) is 0. The predicted octanol–water partition coefficient (Wildman–Crippen LogP) is 4.17. The zero-order valence-corrected chi connectivity index (χ0v) is 13.5. The molecule has 116 valence electrons. The van der Waals surface area contributed by atoms with E-state index in [-0.39, 0.29) is 18.2 Å². The van der Waals surface area contributed by atoms with Crippen LogP contribution in [0.15, 0.2) is 30.3 Å². The number of aromatic amines is 1. The van der Waals surface area contributed by atoms with Gasteiger partial charge in [0.2, 0.25) is 0 Å². The van der Waals surface area contributed by atoms with Gasteiger partial charge < -0.3 is 20.6 Å². The third-order valence-electron chi connectivity index (χ3n) is 3.88. The average molecular weight is 319 g/mol. The van der Waals surface area contributed by atoms with E-state index in [0.29, 0.717) is 5.69 Å². The number of halogens is 1. The summed E-state index contributed by atoms with van der Waals surface area (Å²) in [6, 6.07) is 9.67. The minimum atomic E-state index is 0. The lowest BCUT2D eigenvalue weighted by atomic mass is 10.0. The minimum Gasteiger partial charge on any atom is -0.506 e. The van der Waals surface area contributed by atoms with E-state index in [1.165, 1.54) is 0 Å². The zero-order valence-electron chi connectivity index (χ0n) is 12.7. The number of rotatable bonds is 2. The molecule has 3 aromatic rings. The number of benzene rings is 2. The maximum Gasteiger partial charge on any atom is 0.141 e. The van der Waals surface area contributed by atoms with Crippen LogP contribution in [-0.4, -0.2) is 17.2 Å². The molecule has 0 aliphatic heterocycles. The monoisotopic (exact) mass is 318 g/mol. The van der Waals surface area contributed by atoms with Crippen LogP contribution < -0.4 is 10.5 Å². The van der Waals surface area contributed by atoms with Crippen LogP contribution in [0.1, 0.15) is 11.1 Å². The SMILES string of the molecule is COc1ccc2[nH]c(-c3cc(C)c(O)c(N)c3)c(C)c2c1.Cl. The number of phenolic OH excluding ortho intramolecular Hbond substituents is 1. The molecule has 4 N–H and O–H groups in total. The summed E-state index contributed by atoms with van der Waals surface area (Å²) in [5.41, 5.74) is 11.2. The number of methoxy groups -OCH3 is 1. The van der Waals surface area contributed by atoms with Crippen LogP contribution in [-0.2, 0) is 0 Å². The van der Waals surface area contributed by atoms with E-state index < -0.39 is 0 Å². The summed E-state index contributed by atoms with van der Waals surface area (Å²) < 4.78 is 5.28. The fourth-order valence-corrected chi connectivity index (χ4v) is 2.67. The molecular formula is C17H19ClN2O2. The van der Waals surface area contributed by atoms with Gasteiger partial charge in [-0.25, -0.2) is 0 Å². The first-order chi connectivity index (χ1) is 10.0. The van der Waals surface area contributed by atoms with Gasteiger partial charge in [-0.1, -0.05) is 0 Å². The van der Waals surface area contributed by atoms with Crippen molar-refractivity contribution < 1.29 is 9.84 Å². The maximum absolute atomic E-state index is 9.80. The highest BCUT2D eigenvalue weighted by Gasteiger charge is 2.13. The number of nitrogens with one attached hydrogen (secondary N) is 1. The number of anilines is 1. The fourth-order valence-electron chi connectivity index (χ4n) is 2.67. The number of aromatic hydroxyl groups is 1. The van der Waals surface area contributed by atoms with Crippen molar-refractivity contribution in [1.29, 1.82) is 0 Å². The Morgan fingerprint density at radius 2 is 1.86 bits per heavy atom. The van der Waals surface area contributed by atoms with Crippen molar-refractivity contribution in [2.24, 2.45) is 0 Å². The van der Waals surface area contributed by atoms with Gasteiger partial charge in [0.05, 0.1) is 12.8 Å². The van der Waals surface area contributed by atoms with Crippen LogP contribution in [0.2, 0.25) is 0 Å². The molecule has 0 radical (unpaired) electrons. The highest BCUT2D eigenvalue weighted by atomic mass is 35.5. The van der Waals surface area contributed by atoms with Crippen molar-refractivity contribution >= 4 is 29.0 Å². The van der Waals surface area contributed by atoms with Crippen LogP contribution in [0.3, 0.4) is 0 Å². The van der Waals surface area contributed by atoms with Gasteiger partial charge in [-0.3, -0.25) is 0 Å². The topological polar surface area (TPSA) is 71.3 Å². The molecule has 0 atom stereocenters. The molecule has 0 saturated heterocycles. The van der Waals surface area contributed by atoms with Crippen LogP contribution in [0.4, 0.5) is 5.69 Å². The third-order valence-corrected chi connectivity index (χ3v) is 3.88. The molecule has 22 heavy (non-hydrogen) atoms. The minimum absolute atomic E-state index is 0. The summed E-state index contributed by atoms with van der Waals surface area (Å²) in [7, 11) is 1.66. The largest absolute Gasteiger partial charge is 0.506 e. The lowest BCUT2D eigenvalue weighted by molar-refractivity contribution is 0.415. The highest BCUT2D eigenvalue weighted by molar-refractivity contribution is 5.92. The zero-order chi connectivity index (χ0) is 15.1. The number of phenols is 1. The Hall–Kier alpha value is -2.33. The van der Waals surface area contributed by atoms with Crippen molar-refractivity contribution in [1.82, 2.24) is 4.98 Å². The standard InChI is InChI=1S/C17H18N2O2.ClH/c1-9-6-11(7-14(18)17(9)20)16-10(2)13-8-12(21-3)4-5-15(13)19-16;/h4-8,19-20H,18H2,1-3H3;1H. The first kappa shape index (κ1) is 16.0. The van der Waals surface area contributed by atoms with Crippen molar-refractivity contribution in [3.8, 4) is 22.8 Å². The normalized spacial score (nSPS) is 10.5. The van der Waals surface area contributed by atoms with Gasteiger partial charge in [0, 0.05) is 22.2 Å². The van der Waals surface area contributed by atoms with E-state index in [9.17, 15) is 5.11 Å². The van der Waals surface area contributed by atoms with E-state index in [4.69, 9.17) is 10.5 Å². The van der Waals surface area contributed by atoms with E-state index in [1.54, 1.807) is 13.2 Å². The molecule has 0 fully saturated rings. The molecule has 0 aliphatic carbocycles. The lowest BCUT2D eigenvalue weighted by Crippen LogP contribution is -1.91. The summed E-state index contributed by atoms with van der Waals surface area (Å²) in [6.45, 7) is 3.90. The number of nitrogen functional groups attached to an aromatic ring is 1. The molecule has 4 nitrogen and oxygen atoms in total. The molecule has 2 aromatic carbocycles. The number of H-pyrrole nitrogens is 1. The quantitative estimate of drug-likeness (QED) is 0.490. The number of aromatic nitrogens is 1. The number of ether oxygens (including phenoxy) is 1. The Morgan fingerprint density at radius 1 is 1.14 bits per heavy atom. The van der Waals surface area contributed by atoms with Gasteiger partial charge in [0.25, 0.3) is 0 Å². The number of hydrogen-bond acceptors (Lipinski definition) is 3. The molecule has 0 amide bonds. The molecule has 0 spiro atoms. The molecular weight excluding hydrogens is 300 g/mol. The number of aryl methyl sites for hydroxylation is 2. The Balaban J connectivity index is 0.00000176. The second kappa shape index (κ2) is 5.81. The first-order valence-corrected chi connectivity index (χ1v) is 6.77. The average Bonchev–Trinajstić information content (AvgIpc) is 2.81. The van der Waals surface area contributed by atoms with E-state index >= 15 is 0 Å². The molecule has 5 heteroatoms. The summed E-state index contributed by atoms with van der Waals surface area (Å²) in [4.78, 5) is 3.41. The predicted molar refractivity (Wildman–Crippen MR) is 93.1 cm³/mol. The highest BCUT2D eigenvalue weighted by Crippen LogP contribution is 2.35. The number of fused-ring (bicyclic) bond motifs is 1. The van der Waals surface area contributed by atoms with Crippen molar-refractivity contribution in [2.75, 3.05) is 12.8 Å². The first-order valence-electron chi connectivity index (χ1n) is 6.77. The molecule has 0 aliphatic rings. The van der Waals surface area contributed by atoms with Crippen molar-refractivity contribution in [3.63, 3.8) is 0 Å². The molecule has 1 heterocycles. The molecule has 1 aromatic heterocycles. The Morgan fingerprint density at radius 3 is 2.50 bits per heavy atom. The van der Waals surface area contributed by atoms with Gasteiger partial charge >= 0.3 is 0 Å². The van der Waals surface area contributed by atoms with E-state index in [0.717, 1.165) is 39.0 Å². The van der Waals surface area contributed by atoms with Gasteiger partial charge in [0.1, 0.15) is 11.5 Å². The second-order valence-corrected chi connectivity index (χ2v) is 5.27. The van der Waals surface area contributed by atoms with Gasteiger partial charge in [-0.05, 0) is 55.3 Å².